The zero-order chi connectivity index (χ0) is 15.1. The number of halogens is 4. The molecule has 108 valence electrons. The first-order chi connectivity index (χ1) is 9.12. The topological polar surface area (TPSA) is 56.3 Å². The molecule has 9 heteroatoms. The van der Waals surface area contributed by atoms with Crippen molar-refractivity contribution in [3.63, 3.8) is 0 Å². The summed E-state index contributed by atoms with van der Waals surface area (Å²) >= 11 is 0. The second-order valence-electron chi connectivity index (χ2n) is 3.88. The summed E-state index contributed by atoms with van der Waals surface area (Å²) in [5.41, 5.74) is -5.40. The third kappa shape index (κ3) is 2.53. The van der Waals surface area contributed by atoms with Gasteiger partial charge in [-0.3, -0.25) is 0 Å². The van der Waals surface area contributed by atoms with Crippen LogP contribution in [0.25, 0.3) is 10.9 Å². The largest absolute Gasteiger partial charge is 0.534 e. The second kappa shape index (κ2) is 4.58. The number of pyridine rings is 1. The molecule has 0 amide bonds. The highest BCUT2D eigenvalue weighted by molar-refractivity contribution is 7.88. The smallest absolute Gasteiger partial charge is 0.375 e. The SMILES string of the molecule is Cc1ccc2c(OS(=O)(=O)C(F)(F)F)ccc(F)c2n1. The summed E-state index contributed by atoms with van der Waals surface area (Å²) in [7, 11) is -5.82. The fourth-order valence-corrected chi connectivity index (χ4v) is 1.97. The Morgan fingerprint density at radius 3 is 2.40 bits per heavy atom. The minimum Gasteiger partial charge on any atom is -0.375 e. The van der Waals surface area contributed by atoms with Crippen LogP contribution in [0, 0.1) is 12.7 Å². The number of aromatic nitrogens is 1. The van der Waals surface area contributed by atoms with Crippen LogP contribution in [-0.4, -0.2) is 18.9 Å². The van der Waals surface area contributed by atoms with Crippen molar-refractivity contribution in [1.29, 1.82) is 0 Å². The average molecular weight is 309 g/mol. The molecule has 0 saturated carbocycles. The fraction of sp³-hybridized carbons (Fsp3) is 0.182. The summed E-state index contributed by atoms with van der Waals surface area (Å²) in [4.78, 5) is 3.80. The molecule has 2 rings (SSSR count). The zero-order valence-corrected chi connectivity index (χ0v) is 10.7. The second-order valence-corrected chi connectivity index (χ2v) is 5.42. The van der Waals surface area contributed by atoms with Crippen LogP contribution in [0.2, 0.25) is 0 Å². The van der Waals surface area contributed by atoms with Crippen LogP contribution in [0.5, 0.6) is 5.75 Å². The Hall–Kier alpha value is -1.90. The van der Waals surface area contributed by atoms with Gasteiger partial charge in [0.2, 0.25) is 0 Å². The molecule has 0 saturated heterocycles. The standard InChI is InChI=1S/C11H7F4NO3S/c1-6-2-3-7-9(5-4-8(12)10(7)16-6)19-20(17,18)11(13,14)15/h2-5H,1H3. The van der Waals surface area contributed by atoms with E-state index >= 15 is 0 Å². The maximum absolute atomic E-state index is 13.5. The van der Waals surface area contributed by atoms with Crippen molar-refractivity contribution in [2.75, 3.05) is 0 Å². The normalized spacial score (nSPS) is 12.7. The summed E-state index contributed by atoms with van der Waals surface area (Å²) < 4.78 is 76.2. The zero-order valence-electron chi connectivity index (χ0n) is 9.90. The molecule has 1 heterocycles. The van der Waals surface area contributed by atoms with Gasteiger partial charge >= 0.3 is 15.6 Å². The van der Waals surface area contributed by atoms with Gasteiger partial charge in [-0.15, -0.1) is 0 Å². The minimum absolute atomic E-state index is 0.163. The lowest BCUT2D eigenvalue weighted by atomic mass is 10.2. The lowest BCUT2D eigenvalue weighted by Crippen LogP contribution is -2.28. The highest BCUT2D eigenvalue weighted by Gasteiger charge is 2.48. The molecule has 0 aliphatic heterocycles. The lowest BCUT2D eigenvalue weighted by molar-refractivity contribution is -0.0499. The van der Waals surface area contributed by atoms with Gasteiger partial charge in [0.05, 0.1) is 0 Å². The molecule has 0 radical (unpaired) electrons. The van der Waals surface area contributed by atoms with Gasteiger partial charge in [-0.2, -0.15) is 21.6 Å². The predicted octanol–water partition coefficient (Wildman–Crippen LogP) is 2.91. The van der Waals surface area contributed by atoms with E-state index in [-0.39, 0.29) is 10.9 Å². The third-order valence-corrected chi connectivity index (χ3v) is 3.36. The molecule has 1 aromatic heterocycles. The number of benzene rings is 1. The van der Waals surface area contributed by atoms with E-state index in [9.17, 15) is 26.0 Å². The number of hydrogen-bond donors (Lipinski definition) is 0. The van der Waals surface area contributed by atoms with Gasteiger partial charge in [0.25, 0.3) is 0 Å². The molecule has 1 aromatic carbocycles. The van der Waals surface area contributed by atoms with Crippen LogP contribution in [0.1, 0.15) is 5.69 Å². The molecular formula is C11H7F4NO3S. The number of aryl methyl sites for hydroxylation is 1. The van der Waals surface area contributed by atoms with Gasteiger partial charge in [-0.1, -0.05) is 0 Å². The minimum atomic E-state index is -5.82. The van der Waals surface area contributed by atoms with Crippen molar-refractivity contribution in [2.24, 2.45) is 0 Å². The monoisotopic (exact) mass is 309 g/mol. The van der Waals surface area contributed by atoms with Crippen LogP contribution in [-0.2, 0) is 10.1 Å². The number of fused-ring (bicyclic) bond motifs is 1. The third-order valence-electron chi connectivity index (χ3n) is 2.39. The Morgan fingerprint density at radius 2 is 1.80 bits per heavy atom. The van der Waals surface area contributed by atoms with E-state index in [1.807, 2.05) is 0 Å². The lowest BCUT2D eigenvalue weighted by Gasteiger charge is -2.11. The van der Waals surface area contributed by atoms with Gasteiger partial charge in [0.1, 0.15) is 11.3 Å². The molecule has 4 nitrogen and oxygen atoms in total. The summed E-state index contributed by atoms with van der Waals surface area (Å²) in [5, 5.41) is -0.163. The molecule has 0 unspecified atom stereocenters. The first-order valence-electron chi connectivity index (χ1n) is 5.18. The first-order valence-corrected chi connectivity index (χ1v) is 6.59. The Morgan fingerprint density at radius 1 is 1.15 bits per heavy atom. The van der Waals surface area contributed by atoms with Crippen molar-refractivity contribution in [2.45, 2.75) is 12.4 Å². The van der Waals surface area contributed by atoms with Crippen LogP contribution in [0.3, 0.4) is 0 Å². The van der Waals surface area contributed by atoms with E-state index in [0.717, 1.165) is 12.1 Å². The Balaban J connectivity index is 2.60. The van der Waals surface area contributed by atoms with E-state index in [1.165, 1.54) is 12.1 Å². The molecule has 20 heavy (non-hydrogen) atoms. The van der Waals surface area contributed by atoms with E-state index in [2.05, 4.69) is 9.17 Å². The predicted molar refractivity (Wildman–Crippen MR) is 62.0 cm³/mol. The van der Waals surface area contributed by atoms with E-state index < -0.39 is 27.2 Å². The average Bonchev–Trinajstić information content (AvgIpc) is 2.31. The molecule has 2 aromatic rings. The van der Waals surface area contributed by atoms with Crippen LogP contribution in [0.4, 0.5) is 17.6 Å². The van der Waals surface area contributed by atoms with Crippen molar-refractivity contribution in [3.05, 3.63) is 35.8 Å². The number of alkyl halides is 3. The molecule has 0 N–H and O–H groups in total. The summed E-state index contributed by atoms with van der Waals surface area (Å²) in [5.74, 6) is -1.42. The van der Waals surface area contributed by atoms with Crippen molar-refractivity contribution < 1.29 is 30.2 Å². The van der Waals surface area contributed by atoms with Gasteiger partial charge < -0.3 is 4.18 Å². The van der Waals surface area contributed by atoms with Crippen LogP contribution < -0.4 is 4.18 Å². The highest BCUT2D eigenvalue weighted by atomic mass is 32.2. The molecule has 0 fully saturated rings. The highest BCUT2D eigenvalue weighted by Crippen LogP contribution is 2.32. The fourth-order valence-electron chi connectivity index (χ4n) is 1.49. The number of rotatable bonds is 2. The number of nitrogens with zero attached hydrogens (tertiary/aromatic N) is 1. The Kier molecular flexibility index (Phi) is 3.32. The molecule has 0 bridgehead atoms. The molecule has 0 aliphatic carbocycles. The number of hydrogen-bond acceptors (Lipinski definition) is 4. The summed E-state index contributed by atoms with van der Waals surface area (Å²) in [6, 6.07) is 4.23. The van der Waals surface area contributed by atoms with Crippen molar-refractivity contribution in [3.8, 4) is 5.75 Å². The molecule has 0 atom stereocenters. The Labute approximate surface area is 111 Å². The van der Waals surface area contributed by atoms with Gasteiger partial charge in [0, 0.05) is 11.1 Å². The molecule has 0 aliphatic rings. The van der Waals surface area contributed by atoms with E-state index in [0.29, 0.717) is 5.69 Å². The van der Waals surface area contributed by atoms with Crippen molar-refractivity contribution >= 4 is 21.0 Å². The van der Waals surface area contributed by atoms with Gasteiger partial charge in [-0.25, -0.2) is 9.37 Å². The van der Waals surface area contributed by atoms with Gasteiger partial charge in [-0.05, 0) is 31.2 Å². The maximum atomic E-state index is 13.5. The van der Waals surface area contributed by atoms with Crippen LogP contribution >= 0.6 is 0 Å². The van der Waals surface area contributed by atoms with E-state index in [1.54, 1.807) is 6.92 Å². The Bertz CT molecular complexity index is 771. The molecular weight excluding hydrogens is 302 g/mol. The van der Waals surface area contributed by atoms with Crippen LogP contribution in [0.15, 0.2) is 24.3 Å². The maximum Gasteiger partial charge on any atom is 0.534 e. The summed E-state index contributed by atoms with van der Waals surface area (Å²) in [6.07, 6.45) is 0. The quantitative estimate of drug-likeness (QED) is 0.486. The van der Waals surface area contributed by atoms with E-state index in [4.69, 9.17) is 0 Å². The van der Waals surface area contributed by atoms with Crippen molar-refractivity contribution in [1.82, 2.24) is 4.98 Å². The first kappa shape index (κ1) is 14.5. The molecule has 0 spiro atoms. The van der Waals surface area contributed by atoms with Gasteiger partial charge in [0.15, 0.2) is 5.75 Å². The summed E-state index contributed by atoms with van der Waals surface area (Å²) in [6.45, 7) is 1.55.